The van der Waals surface area contributed by atoms with Crippen LogP contribution < -0.4 is 9.30 Å². The van der Waals surface area contributed by atoms with E-state index in [0.717, 1.165) is 5.75 Å². The van der Waals surface area contributed by atoms with E-state index in [1.807, 2.05) is 6.07 Å². The highest BCUT2D eigenvalue weighted by molar-refractivity contribution is 8.00. The second-order valence-electron chi connectivity index (χ2n) is 2.96. The van der Waals surface area contributed by atoms with Gasteiger partial charge in [-0.15, -0.1) is 0 Å². The number of thiazole rings is 1. The molecule has 1 aromatic heterocycles. The molecule has 4 heteroatoms. The van der Waals surface area contributed by atoms with Crippen LogP contribution in [-0.2, 0) is 7.05 Å². The molecule has 0 radical (unpaired) electrons. The molecule has 0 bridgehead atoms. The molecule has 0 N–H and O–H groups in total. The predicted molar refractivity (Wildman–Crippen MR) is 61.3 cm³/mol. The van der Waals surface area contributed by atoms with E-state index in [0.29, 0.717) is 0 Å². The van der Waals surface area contributed by atoms with Gasteiger partial charge in [-0.1, -0.05) is 11.3 Å². The van der Waals surface area contributed by atoms with Crippen molar-refractivity contribution in [3.8, 4) is 5.75 Å². The number of ether oxygens (including phenoxy) is 1. The minimum absolute atomic E-state index is 0.923. The zero-order chi connectivity index (χ0) is 10.1. The molecular formula is C10H12NOS2+. The third-order valence-corrected chi connectivity index (χ3v) is 4.54. The summed E-state index contributed by atoms with van der Waals surface area (Å²) in [6, 6.07) is 6.18. The Morgan fingerprint density at radius 3 is 2.86 bits per heavy atom. The van der Waals surface area contributed by atoms with E-state index in [4.69, 9.17) is 4.74 Å². The van der Waals surface area contributed by atoms with Gasteiger partial charge in [0.2, 0.25) is 5.52 Å². The molecule has 0 saturated heterocycles. The van der Waals surface area contributed by atoms with Gasteiger partial charge in [-0.2, -0.15) is 4.57 Å². The lowest BCUT2D eigenvalue weighted by Crippen LogP contribution is -2.27. The van der Waals surface area contributed by atoms with Crippen LogP contribution in [0.2, 0.25) is 0 Å². The molecule has 1 aromatic carbocycles. The Bertz CT molecular complexity index is 464. The van der Waals surface area contributed by atoms with Crippen molar-refractivity contribution in [2.24, 2.45) is 7.05 Å². The number of benzene rings is 1. The lowest BCUT2D eigenvalue weighted by atomic mass is 10.3. The van der Waals surface area contributed by atoms with Crippen molar-refractivity contribution in [1.82, 2.24) is 0 Å². The Morgan fingerprint density at radius 2 is 2.21 bits per heavy atom. The summed E-state index contributed by atoms with van der Waals surface area (Å²) in [5, 5.41) is 0. The molecule has 0 spiro atoms. The molecule has 2 aromatic rings. The second kappa shape index (κ2) is 3.79. The molecule has 0 unspecified atom stereocenters. The van der Waals surface area contributed by atoms with Crippen molar-refractivity contribution in [1.29, 1.82) is 0 Å². The van der Waals surface area contributed by atoms with Crippen LogP contribution in [0.5, 0.6) is 5.75 Å². The van der Waals surface area contributed by atoms with Crippen LogP contribution >= 0.6 is 23.1 Å². The number of aromatic nitrogens is 1. The first-order valence-electron chi connectivity index (χ1n) is 4.27. The van der Waals surface area contributed by atoms with E-state index in [1.165, 1.54) is 14.6 Å². The van der Waals surface area contributed by atoms with Crippen molar-refractivity contribution >= 4 is 33.3 Å². The van der Waals surface area contributed by atoms with E-state index in [-0.39, 0.29) is 0 Å². The molecule has 1 heterocycles. The number of nitrogens with zero attached hydrogens (tertiary/aromatic N) is 1. The summed E-state index contributed by atoms with van der Waals surface area (Å²) in [4.78, 5) is 0. The zero-order valence-corrected chi connectivity index (χ0v) is 10.0. The molecule has 0 amide bonds. The number of fused-ring (bicyclic) bond motifs is 1. The van der Waals surface area contributed by atoms with Crippen LogP contribution in [0.4, 0.5) is 0 Å². The average molecular weight is 226 g/mol. The lowest BCUT2D eigenvalue weighted by Gasteiger charge is -1.95. The summed E-state index contributed by atoms with van der Waals surface area (Å²) in [6.07, 6.45) is 2.10. The van der Waals surface area contributed by atoms with Crippen LogP contribution in [0.15, 0.2) is 22.5 Å². The van der Waals surface area contributed by atoms with Gasteiger partial charge in [0.25, 0.3) is 4.34 Å². The van der Waals surface area contributed by atoms with Gasteiger partial charge in [0.1, 0.15) is 17.5 Å². The van der Waals surface area contributed by atoms with Gasteiger partial charge >= 0.3 is 0 Å². The lowest BCUT2D eigenvalue weighted by molar-refractivity contribution is -0.676. The highest BCUT2D eigenvalue weighted by Gasteiger charge is 2.15. The van der Waals surface area contributed by atoms with E-state index >= 15 is 0 Å². The van der Waals surface area contributed by atoms with Crippen LogP contribution in [0.1, 0.15) is 0 Å². The predicted octanol–water partition coefficient (Wildman–Crippen LogP) is 2.46. The quantitative estimate of drug-likeness (QED) is 0.576. The van der Waals surface area contributed by atoms with Crippen molar-refractivity contribution in [3.05, 3.63) is 18.2 Å². The summed E-state index contributed by atoms with van der Waals surface area (Å²) in [6.45, 7) is 0. The number of methoxy groups -OCH3 is 1. The van der Waals surface area contributed by atoms with Crippen LogP contribution in [0.25, 0.3) is 10.2 Å². The Morgan fingerprint density at radius 1 is 1.43 bits per heavy atom. The molecule has 0 saturated carbocycles. The van der Waals surface area contributed by atoms with Crippen molar-refractivity contribution in [2.75, 3.05) is 13.4 Å². The molecule has 0 aliphatic heterocycles. The standard InChI is InChI=1S/C10H12NOS2/c1-11-8-5-4-7(12-2)6-9(8)14-10(11)13-3/h4-6H,1-3H3/q+1. The summed E-state index contributed by atoms with van der Waals surface area (Å²) in [7, 11) is 3.79. The second-order valence-corrected chi connectivity index (χ2v) is 5.05. The number of hydrogen-bond donors (Lipinski definition) is 0. The number of thioether (sulfide) groups is 1. The maximum Gasteiger partial charge on any atom is 0.297 e. The zero-order valence-electron chi connectivity index (χ0n) is 8.40. The van der Waals surface area contributed by atoms with Gasteiger partial charge in [0, 0.05) is 12.1 Å². The molecule has 0 aliphatic carbocycles. The van der Waals surface area contributed by atoms with E-state index in [1.54, 1.807) is 30.2 Å². The van der Waals surface area contributed by atoms with Crippen LogP contribution in [0.3, 0.4) is 0 Å². The van der Waals surface area contributed by atoms with Gasteiger partial charge in [0.05, 0.1) is 7.11 Å². The van der Waals surface area contributed by atoms with Gasteiger partial charge in [-0.25, -0.2) is 0 Å². The monoisotopic (exact) mass is 226 g/mol. The normalized spacial score (nSPS) is 10.8. The first-order valence-corrected chi connectivity index (χ1v) is 6.31. The van der Waals surface area contributed by atoms with Crippen LogP contribution in [0, 0.1) is 0 Å². The third kappa shape index (κ3) is 1.48. The van der Waals surface area contributed by atoms with Crippen LogP contribution in [-0.4, -0.2) is 13.4 Å². The molecule has 0 aliphatic rings. The molecule has 2 nitrogen and oxygen atoms in total. The smallest absolute Gasteiger partial charge is 0.297 e. The summed E-state index contributed by atoms with van der Waals surface area (Å²) < 4.78 is 10.00. The van der Waals surface area contributed by atoms with Gasteiger partial charge in [-0.3, -0.25) is 0 Å². The summed E-state index contributed by atoms with van der Waals surface area (Å²) in [5.41, 5.74) is 1.26. The molecular weight excluding hydrogens is 214 g/mol. The fraction of sp³-hybridized carbons (Fsp3) is 0.300. The first-order chi connectivity index (χ1) is 6.76. The SMILES string of the molecule is COc1ccc2c(c1)sc(SC)[n+]2C. The van der Waals surface area contributed by atoms with Gasteiger partial charge in [0.15, 0.2) is 0 Å². The minimum atomic E-state index is 0.923. The molecule has 74 valence electrons. The van der Waals surface area contributed by atoms with E-state index < -0.39 is 0 Å². The minimum Gasteiger partial charge on any atom is -0.497 e. The fourth-order valence-corrected chi connectivity index (χ4v) is 3.30. The fourth-order valence-electron chi connectivity index (χ4n) is 1.42. The molecule has 2 rings (SSSR count). The van der Waals surface area contributed by atoms with Crippen molar-refractivity contribution in [3.63, 3.8) is 0 Å². The molecule has 0 atom stereocenters. The van der Waals surface area contributed by atoms with Crippen molar-refractivity contribution in [2.45, 2.75) is 4.34 Å². The van der Waals surface area contributed by atoms with Crippen molar-refractivity contribution < 1.29 is 9.30 Å². The highest BCUT2D eigenvalue weighted by atomic mass is 32.2. The Kier molecular flexibility index (Phi) is 2.65. The third-order valence-electron chi connectivity index (χ3n) is 2.17. The molecule has 0 fully saturated rings. The Hall–Kier alpha value is -0.740. The summed E-state index contributed by atoms with van der Waals surface area (Å²) in [5.74, 6) is 0.923. The average Bonchev–Trinajstić information content (AvgIpc) is 2.55. The van der Waals surface area contributed by atoms with E-state index in [2.05, 4.69) is 30.0 Å². The maximum absolute atomic E-state index is 5.20. The number of rotatable bonds is 2. The first kappa shape index (κ1) is 9.80. The largest absolute Gasteiger partial charge is 0.497 e. The number of hydrogen-bond acceptors (Lipinski definition) is 3. The Balaban J connectivity index is 2.66. The van der Waals surface area contributed by atoms with Gasteiger partial charge in [-0.05, 0) is 24.1 Å². The van der Waals surface area contributed by atoms with Gasteiger partial charge < -0.3 is 4.74 Å². The topological polar surface area (TPSA) is 13.1 Å². The highest BCUT2D eigenvalue weighted by Crippen LogP contribution is 2.28. The van der Waals surface area contributed by atoms with E-state index in [9.17, 15) is 0 Å². The number of aryl methyl sites for hydroxylation is 1. The Labute approximate surface area is 91.5 Å². The summed E-state index contributed by atoms with van der Waals surface area (Å²) >= 11 is 3.57. The maximum atomic E-state index is 5.20. The molecule has 14 heavy (non-hydrogen) atoms.